The number of carbonyl (C=O) groups excluding carboxylic acids is 1. The first-order valence-corrected chi connectivity index (χ1v) is 10.6. The largest absolute Gasteiger partial charge is 0.404 e. The molecule has 0 aliphatic heterocycles. The first-order chi connectivity index (χ1) is 15.2. The average molecular weight is 505 g/mol. The number of hydrogen-bond acceptors (Lipinski definition) is 4. The molecular weight excluding hydrogens is 487 g/mol. The molecule has 184 valence electrons. The van der Waals surface area contributed by atoms with E-state index >= 15 is 0 Å². The van der Waals surface area contributed by atoms with Gasteiger partial charge in [0.05, 0.1) is 0 Å². The first kappa shape index (κ1) is 26.6. The van der Waals surface area contributed by atoms with Crippen molar-refractivity contribution in [1.82, 2.24) is 9.29 Å². The molecule has 0 radical (unpaired) electrons. The van der Waals surface area contributed by atoms with Crippen LogP contribution >= 0.6 is 0 Å². The van der Waals surface area contributed by atoms with Crippen LogP contribution in [0.5, 0.6) is 0 Å². The Bertz CT molecular complexity index is 1110. The van der Waals surface area contributed by atoms with E-state index in [4.69, 9.17) is 4.74 Å². The van der Waals surface area contributed by atoms with E-state index in [0.717, 1.165) is 4.57 Å². The highest BCUT2D eigenvalue weighted by Gasteiger charge is 2.40. The average Bonchev–Trinajstić information content (AvgIpc) is 3.02. The zero-order chi connectivity index (χ0) is 25.1. The lowest BCUT2D eigenvalue weighted by molar-refractivity contribution is -0.147. The van der Waals surface area contributed by atoms with Crippen LogP contribution in [0, 0.1) is 23.3 Å². The molecule has 15 heteroatoms. The molecule has 0 aliphatic rings. The van der Waals surface area contributed by atoms with E-state index in [2.05, 4.69) is 0 Å². The van der Waals surface area contributed by atoms with Gasteiger partial charge in [-0.2, -0.15) is 17.9 Å². The maximum Gasteiger partial charge on any atom is 0.404 e. The van der Waals surface area contributed by atoms with E-state index in [0.29, 0.717) is 25.3 Å². The molecule has 0 saturated carbocycles. The summed E-state index contributed by atoms with van der Waals surface area (Å²) in [6.07, 6.45) is -4.23. The monoisotopic (exact) mass is 505 g/mol. The van der Waals surface area contributed by atoms with Gasteiger partial charge in [0.2, 0.25) is 10.0 Å². The molecule has 0 spiro atoms. The molecule has 0 fully saturated rings. The number of methoxy groups -OCH3 is 1. The highest BCUT2D eigenvalue weighted by atomic mass is 32.2. The van der Waals surface area contributed by atoms with Gasteiger partial charge in [-0.3, -0.25) is 4.79 Å². The summed E-state index contributed by atoms with van der Waals surface area (Å²) in [6.45, 7) is 0.390. The fourth-order valence-corrected chi connectivity index (χ4v) is 3.98. The minimum Gasteiger partial charge on any atom is -0.385 e. The molecule has 0 unspecified atom stereocenters. The minimum absolute atomic E-state index is 0.0979. The van der Waals surface area contributed by atoms with Crippen LogP contribution in [0.3, 0.4) is 0 Å². The molecular formula is C18H18F7N3O4S. The summed E-state index contributed by atoms with van der Waals surface area (Å²) in [7, 11) is -3.74. The number of hydrogen-bond donors (Lipinski definition) is 2. The molecule has 7 nitrogen and oxygen atoms in total. The molecule has 0 aliphatic carbocycles. The number of rotatable bonds is 9. The highest BCUT2D eigenvalue weighted by Crippen LogP contribution is 2.26. The van der Waals surface area contributed by atoms with Crippen molar-refractivity contribution in [3.8, 4) is 0 Å². The highest BCUT2D eigenvalue weighted by molar-refractivity contribution is 7.89. The maximum absolute atomic E-state index is 15.0. The van der Waals surface area contributed by atoms with Crippen molar-refractivity contribution in [3.05, 3.63) is 47.3 Å². The molecule has 2 N–H and O–H groups in total. The van der Waals surface area contributed by atoms with Gasteiger partial charge in [0, 0.05) is 44.3 Å². The predicted molar refractivity (Wildman–Crippen MR) is 101 cm³/mol. The number of aryl methyl sites for hydroxylation is 1. The Balaban J connectivity index is 2.47. The Morgan fingerprint density at radius 3 is 2.21 bits per heavy atom. The van der Waals surface area contributed by atoms with E-state index in [1.54, 1.807) is 0 Å². The second-order valence-corrected chi connectivity index (χ2v) is 8.47. The third-order valence-electron chi connectivity index (χ3n) is 4.30. The quantitative estimate of drug-likeness (QED) is 0.310. The van der Waals surface area contributed by atoms with Gasteiger partial charge in [-0.15, -0.1) is 0 Å². The van der Waals surface area contributed by atoms with Crippen molar-refractivity contribution in [2.75, 3.05) is 19.0 Å². The SMILES string of the molecule is COCCCn1cc(S(=O)(=O)N[C@H](C)C(F)(F)F)c(F)c1C(=O)Nc1cc(F)c(F)c(F)c1. The van der Waals surface area contributed by atoms with E-state index in [-0.39, 0.29) is 19.6 Å². The van der Waals surface area contributed by atoms with Crippen LogP contribution in [0.15, 0.2) is 23.2 Å². The van der Waals surface area contributed by atoms with Crippen molar-refractivity contribution < 1.29 is 48.7 Å². The van der Waals surface area contributed by atoms with Crippen LogP contribution < -0.4 is 10.0 Å². The predicted octanol–water partition coefficient (Wildman–Crippen LogP) is 3.56. The van der Waals surface area contributed by atoms with Gasteiger partial charge in [0.15, 0.2) is 23.3 Å². The van der Waals surface area contributed by atoms with Crippen LogP contribution in [0.25, 0.3) is 0 Å². The molecule has 1 heterocycles. The van der Waals surface area contributed by atoms with Gasteiger partial charge >= 0.3 is 6.18 Å². The first-order valence-electron chi connectivity index (χ1n) is 9.11. The van der Waals surface area contributed by atoms with E-state index in [1.165, 1.54) is 11.8 Å². The van der Waals surface area contributed by atoms with Gasteiger partial charge in [-0.1, -0.05) is 0 Å². The lowest BCUT2D eigenvalue weighted by Gasteiger charge is -2.16. The molecule has 1 aromatic carbocycles. The molecule has 1 atom stereocenters. The number of benzene rings is 1. The van der Waals surface area contributed by atoms with Crippen LogP contribution in [-0.4, -0.2) is 44.8 Å². The zero-order valence-corrected chi connectivity index (χ0v) is 17.9. The molecule has 1 aromatic heterocycles. The van der Waals surface area contributed by atoms with Crippen LogP contribution in [0.1, 0.15) is 23.8 Å². The van der Waals surface area contributed by atoms with E-state index < -0.39 is 67.7 Å². The summed E-state index contributed by atoms with van der Waals surface area (Å²) in [5.41, 5.74) is -1.56. The Morgan fingerprint density at radius 1 is 1.12 bits per heavy atom. The number of aromatic nitrogens is 1. The van der Waals surface area contributed by atoms with Crippen LogP contribution in [0.2, 0.25) is 0 Å². The van der Waals surface area contributed by atoms with Crippen molar-refractivity contribution >= 4 is 21.6 Å². The molecule has 2 aromatic rings. The van der Waals surface area contributed by atoms with Crippen molar-refractivity contribution in [1.29, 1.82) is 0 Å². The summed E-state index contributed by atoms with van der Waals surface area (Å²) in [5.74, 6) is -8.22. The minimum atomic E-state index is -5.08. The summed E-state index contributed by atoms with van der Waals surface area (Å²) in [6, 6.07) is -1.77. The second-order valence-electron chi connectivity index (χ2n) is 6.79. The fraction of sp³-hybridized carbons (Fsp3) is 0.389. The fourth-order valence-electron chi connectivity index (χ4n) is 2.66. The molecule has 2 rings (SSSR count). The van der Waals surface area contributed by atoms with Crippen molar-refractivity contribution in [2.45, 2.75) is 37.0 Å². The van der Waals surface area contributed by atoms with Crippen LogP contribution in [-0.2, 0) is 21.3 Å². The summed E-state index contributed by atoms with van der Waals surface area (Å²) in [5, 5.41) is 1.90. The molecule has 0 bridgehead atoms. The Labute approximate surface area is 183 Å². The third-order valence-corrected chi connectivity index (χ3v) is 5.83. The summed E-state index contributed by atoms with van der Waals surface area (Å²) >= 11 is 0. The Hall–Kier alpha value is -2.65. The standard InChI is InChI=1S/C18H18F7N3O4S/c1-9(18(23,24)25)27-33(30,31)13-8-28(4-3-5-32-2)16(15(13)22)17(29)26-10-6-11(19)14(21)12(20)7-10/h6-9,27H,3-5H2,1-2H3,(H,26,29)/t9-/m1/s1. The van der Waals surface area contributed by atoms with Gasteiger partial charge in [-0.25, -0.2) is 26.0 Å². The lowest BCUT2D eigenvalue weighted by atomic mass is 10.2. The smallest absolute Gasteiger partial charge is 0.385 e. The Kier molecular flexibility index (Phi) is 8.13. The number of anilines is 1. The second kappa shape index (κ2) is 10.1. The molecule has 1 amide bonds. The number of sulfonamides is 1. The van der Waals surface area contributed by atoms with Crippen molar-refractivity contribution in [3.63, 3.8) is 0 Å². The number of carbonyl (C=O) groups is 1. The maximum atomic E-state index is 15.0. The Morgan fingerprint density at radius 2 is 1.70 bits per heavy atom. The number of nitrogens with zero attached hydrogens (tertiary/aromatic N) is 1. The zero-order valence-electron chi connectivity index (χ0n) is 17.1. The topological polar surface area (TPSA) is 89.4 Å². The van der Waals surface area contributed by atoms with Gasteiger partial charge in [-0.05, 0) is 13.3 Å². The van der Waals surface area contributed by atoms with Crippen molar-refractivity contribution in [2.24, 2.45) is 0 Å². The number of amides is 1. The number of ether oxygens (including phenoxy) is 1. The normalized spacial score (nSPS) is 13.2. The third kappa shape index (κ3) is 6.23. The molecule has 0 saturated heterocycles. The van der Waals surface area contributed by atoms with Gasteiger partial charge in [0.25, 0.3) is 5.91 Å². The summed E-state index contributed by atoms with van der Waals surface area (Å²) in [4.78, 5) is 11.3. The molecule has 33 heavy (non-hydrogen) atoms. The number of nitrogens with one attached hydrogen (secondary N) is 2. The summed E-state index contributed by atoms with van der Waals surface area (Å²) < 4.78 is 125. The van der Waals surface area contributed by atoms with Gasteiger partial charge in [0.1, 0.15) is 16.6 Å². The van der Waals surface area contributed by atoms with E-state index in [1.807, 2.05) is 5.32 Å². The number of halogens is 7. The van der Waals surface area contributed by atoms with Gasteiger partial charge < -0.3 is 14.6 Å². The number of alkyl halides is 3. The van der Waals surface area contributed by atoms with Crippen LogP contribution in [0.4, 0.5) is 36.4 Å². The lowest BCUT2D eigenvalue weighted by Crippen LogP contribution is -2.43. The van der Waals surface area contributed by atoms with E-state index in [9.17, 15) is 43.9 Å².